The molecule has 3 nitrogen and oxygen atoms in total. The van der Waals surface area contributed by atoms with E-state index in [9.17, 15) is 0 Å². The second-order valence-electron chi connectivity index (χ2n) is 5.28. The number of hydrogen-bond acceptors (Lipinski definition) is 4. The van der Waals surface area contributed by atoms with Crippen LogP contribution in [0.4, 0.5) is 0 Å². The zero-order valence-corrected chi connectivity index (χ0v) is 14.2. The van der Waals surface area contributed by atoms with Crippen LogP contribution in [-0.2, 0) is 5.75 Å². The summed E-state index contributed by atoms with van der Waals surface area (Å²) in [6.07, 6.45) is 0. The molecule has 3 aromatic carbocycles. The van der Waals surface area contributed by atoms with Gasteiger partial charge in [0.1, 0.15) is 0 Å². The Kier molecular flexibility index (Phi) is 4.24. The second kappa shape index (κ2) is 6.67. The van der Waals surface area contributed by atoms with Gasteiger partial charge in [-0.3, -0.25) is 0 Å². The van der Waals surface area contributed by atoms with Crippen LogP contribution < -0.4 is 0 Å². The lowest BCUT2D eigenvalue weighted by molar-refractivity contribution is 0.528. The van der Waals surface area contributed by atoms with E-state index in [0.29, 0.717) is 22.6 Å². The summed E-state index contributed by atoms with van der Waals surface area (Å²) in [6.45, 7) is 0. The summed E-state index contributed by atoms with van der Waals surface area (Å²) >= 11 is 7.84. The molecule has 0 unspecified atom stereocenters. The van der Waals surface area contributed by atoms with E-state index in [1.807, 2.05) is 36.4 Å². The predicted molar refractivity (Wildman–Crippen MR) is 98.3 cm³/mol. The fourth-order valence-electron chi connectivity index (χ4n) is 2.46. The minimum absolute atomic E-state index is 0.453. The van der Waals surface area contributed by atoms with Crippen LogP contribution in [0.25, 0.3) is 22.2 Å². The maximum Gasteiger partial charge on any atom is 0.249 e. The molecule has 0 spiro atoms. The van der Waals surface area contributed by atoms with Crippen molar-refractivity contribution in [2.24, 2.45) is 0 Å². The zero-order chi connectivity index (χ0) is 16.4. The fraction of sp³-hybridized carbons (Fsp3) is 0.0526. The molecule has 0 radical (unpaired) electrons. The first-order chi connectivity index (χ1) is 11.8. The topological polar surface area (TPSA) is 38.9 Å². The second-order valence-corrected chi connectivity index (χ2v) is 6.73. The Morgan fingerprint density at radius 1 is 0.875 bits per heavy atom. The number of halogens is 1. The summed E-state index contributed by atoms with van der Waals surface area (Å²) in [5.74, 6) is 1.66. The van der Waals surface area contributed by atoms with E-state index < -0.39 is 0 Å². The summed E-state index contributed by atoms with van der Waals surface area (Å²) in [6, 6.07) is 22.2. The summed E-state index contributed by atoms with van der Waals surface area (Å²) in [5.41, 5.74) is 0.758. The van der Waals surface area contributed by atoms with E-state index in [4.69, 9.17) is 16.0 Å². The molecule has 0 N–H and O–H groups in total. The van der Waals surface area contributed by atoms with Gasteiger partial charge >= 0.3 is 0 Å². The highest BCUT2D eigenvalue weighted by Gasteiger charge is 2.11. The summed E-state index contributed by atoms with van der Waals surface area (Å²) in [7, 11) is 0. The van der Waals surface area contributed by atoms with Gasteiger partial charge in [0.05, 0.1) is 16.3 Å². The van der Waals surface area contributed by atoms with Crippen LogP contribution in [0.5, 0.6) is 0 Å². The molecule has 0 aliphatic heterocycles. The van der Waals surface area contributed by atoms with E-state index in [-0.39, 0.29) is 0 Å². The van der Waals surface area contributed by atoms with Crippen LogP contribution in [0.15, 0.2) is 76.0 Å². The van der Waals surface area contributed by atoms with Gasteiger partial charge < -0.3 is 4.42 Å². The molecule has 0 aliphatic rings. The van der Waals surface area contributed by atoms with Crippen LogP contribution in [0.1, 0.15) is 5.89 Å². The van der Waals surface area contributed by atoms with Gasteiger partial charge in [-0.05, 0) is 35.0 Å². The maximum absolute atomic E-state index is 6.16. The SMILES string of the molecule is Clc1ccccc1-c1nnc(CSc2ccc3ccccc3c2)o1. The monoisotopic (exact) mass is 352 g/mol. The average Bonchev–Trinajstić information content (AvgIpc) is 3.09. The first-order valence-electron chi connectivity index (χ1n) is 7.48. The Hall–Kier alpha value is -2.30. The number of thioether (sulfide) groups is 1. The number of aromatic nitrogens is 2. The third-order valence-corrected chi connectivity index (χ3v) is 4.96. The van der Waals surface area contributed by atoms with Crippen LogP contribution in [0.2, 0.25) is 5.02 Å². The van der Waals surface area contributed by atoms with Gasteiger partial charge in [0, 0.05) is 4.90 Å². The number of fused-ring (bicyclic) bond motifs is 1. The number of hydrogen-bond donors (Lipinski definition) is 0. The van der Waals surface area contributed by atoms with Gasteiger partial charge in [0.2, 0.25) is 11.8 Å². The normalized spacial score (nSPS) is 11.0. The molecule has 4 aromatic rings. The van der Waals surface area contributed by atoms with Crippen molar-refractivity contribution in [3.63, 3.8) is 0 Å². The first-order valence-corrected chi connectivity index (χ1v) is 8.85. The Bertz CT molecular complexity index is 999. The summed E-state index contributed by atoms with van der Waals surface area (Å²) in [5, 5.41) is 11.3. The fourth-order valence-corrected chi connectivity index (χ4v) is 3.46. The highest BCUT2D eigenvalue weighted by molar-refractivity contribution is 7.98. The van der Waals surface area contributed by atoms with Crippen molar-refractivity contribution in [1.82, 2.24) is 10.2 Å². The Balaban J connectivity index is 1.51. The van der Waals surface area contributed by atoms with Crippen molar-refractivity contribution in [3.8, 4) is 11.5 Å². The Labute approximate surface area is 148 Å². The van der Waals surface area contributed by atoms with E-state index in [0.717, 1.165) is 5.56 Å². The van der Waals surface area contributed by atoms with Gasteiger partial charge in [-0.15, -0.1) is 22.0 Å². The number of benzene rings is 3. The standard InChI is InChI=1S/C19H13ClN2OS/c20-17-8-4-3-7-16(17)19-22-21-18(23-19)12-24-15-10-9-13-5-1-2-6-14(13)11-15/h1-11H,12H2. The van der Waals surface area contributed by atoms with Crippen molar-refractivity contribution < 1.29 is 4.42 Å². The minimum Gasteiger partial charge on any atom is -0.420 e. The van der Waals surface area contributed by atoms with Gasteiger partial charge in [0.15, 0.2) is 0 Å². The molecule has 1 aromatic heterocycles. The first kappa shape index (κ1) is 15.2. The minimum atomic E-state index is 0.453. The Morgan fingerprint density at radius 3 is 2.54 bits per heavy atom. The lowest BCUT2D eigenvalue weighted by Crippen LogP contribution is -1.81. The number of rotatable bonds is 4. The predicted octanol–water partition coefficient (Wildman–Crippen LogP) is 5.84. The average molecular weight is 353 g/mol. The van der Waals surface area contributed by atoms with Gasteiger partial charge in [-0.1, -0.05) is 54.1 Å². The molecular formula is C19H13ClN2OS. The maximum atomic E-state index is 6.16. The van der Waals surface area contributed by atoms with Gasteiger partial charge in [-0.2, -0.15) is 0 Å². The largest absolute Gasteiger partial charge is 0.420 e. The van der Waals surface area contributed by atoms with Crippen LogP contribution >= 0.6 is 23.4 Å². The van der Waals surface area contributed by atoms with E-state index >= 15 is 0 Å². The molecule has 24 heavy (non-hydrogen) atoms. The highest BCUT2D eigenvalue weighted by Crippen LogP contribution is 2.29. The van der Waals surface area contributed by atoms with E-state index in [1.54, 1.807) is 11.8 Å². The van der Waals surface area contributed by atoms with Crippen molar-refractivity contribution in [2.45, 2.75) is 10.6 Å². The van der Waals surface area contributed by atoms with Crippen molar-refractivity contribution in [1.29, 1.82) is 0 Å². The summed E-state index contributed by atoms with van der Waals surface area (Å²) < 4.78 is 5.73. The molecule has 0 saturated heterocycles. The van der Waals surface area contributed by atoms with Gasteiger partial charge in [-0.25, -0.2) is 0 Å². The molecule has 0 bridgehead atoms. The van der Waals surface area contributed by atoms with Crippen molar-refractivity contribution in [2.75, 3.05) is 0 Å². The zero-order valence-electron chi connectivity index (χ0n) is 12.6. The smallest absolute Gasteiger partial charge is 0.249 e. The molecule has 1 heterocycles. The summed E-state index contributed by atoms with van der Waals surface area (Å²) in [4.78, 5) is 1.17. The quantitative estimate of drug-likeness (QED) is 0.433. The molecule has 0 fully saturated rings. The third kappa shape index (κ3) is 3.16. The molecule has 5 heteroatoms. The van der Waals surface area contributed by atoms with E-state index in [2.05, 4.69) is 40.5 Å². The molecule has 0 aliphatic carbocycles. The van der Waals surface area contributed by atoms with Crippen LogP contribution in [0, 0.1) is 0 Å². The lowest BCUT2D eigenvalue weighted by Gasteiger charge is -2.02. The van der Waals surface area contributed by atoms with Crippen molar-refractivity contribution in [3.05, 3.63) is 77.6 Å². The van der Waals surface area contributed by atoms with Crippen molar-refractivity contribution >= 4 is 34.1 Å². The molecule has 0 amide bonds. The van der Waals surface area contributed by atoms with Crippen LogP contribution in [0.3, 0.4) is 0 Å². The highest BCUT2D eigenvalue weighted by atomic mass is 35.5. The van der Waals surface area contributed by atoms with Gasteiger partial charge in [0.25, 0.3) is 0 Å². The molecular weight excluding hydrogens is 340 g/mol. The molecule has 118 valence electrons. The number of nitrogens with zero attached hydrogens (tertiary/aromatic N) is 2. The Morgan fingerprint density at radius 2 is 1.67 bits per heavy atom. The lowest BCUT2D eigenvalue weighted by atomic mass is 10.1. The third-order valence-electron chi connectivity index (χ3n) is 3.65. The molecule has 0 atom stereocenters. The van der Waals surface area contributed by atoms with Crippen LogP contribution in [-0.4, -0.2) is 10.2 Å². The molecule has 4 rings (SSSR count). The molecule has 0 saturated carbocycles. The van der Waals surface area contributed by atoms with E-state index in [1.165, 1.54) is 15.7 Å².